The molecule has 20 heavy (non-hydrogen) atoms. The standard InChI is InChI=1S/C17H28N2O/c1-14(2)20-17-8-6-15(7-9-17)12-19(3)13-16-5-4-10-18-11-16/h6-9,14,16,18H,4-5,10-13H2,1-3H3. The number of piperidine rings is 1. The molecule has 0 bridgehead atoms. The normalized spacial score (nSPS) is 19.6. The Bertz CT molecular complexity index is 382. The van der Waals surface area contributed by atoms with E-state index in [9.17, 15) is 0 Å². The molecule has 0 radical (unpaired) electrons. The first-order valence-electron chi connectivity index (χ1n) is 7.78. The van der Waals surface area contributed by atoms with Crippen LogP contribution in [-0.2, 0) is 6.54 Å². The average Bonchev–Trinajstić information content (AvgIpc) is 2.41. The summed E-state index contributed by atoms with van der Waals surface area (Å²) in [6.07, 6.45) is 2.92. The van der Waals surface area contributed by atoms with Gasteiger partial charge in [0.15, 0.2) is 0 Å². The van der Waals surface area contributed by atoms with E-state index in [0.29, 0.717) is 0 Å². The first-order valence-corrected chi connectivity index (χ1v) is 7.78. The van der Waals surface area contributed by atoms with Crippen molar-refractivity contribution in [3.8, 4) is 5.75 Å². The third-order valence-corrected chi connectivity index (χ3v) is 3.72. The molecular formula is C17H28N2O. The van der Waals surface area contributed by atoms with Crippen LogP contribution < -0.4 is 10.1 Å². The summed E-state index contributed by atoms with van der Waals surface area (Å²) in [5.74, 6) is 1.76. The van der Waals surface area contributed by atoms with Crippen molar-refractivity contribution in [3.05, 3.63) is 29.8 Å². The minimum Gasteiger partial charge on any atom is -0.491 e. The van der Waals surface area contributed by atoms with Crippen LogP contribution in [0.5, 0.6) is 5.75 Å². The van der Waals surface area contributed by atoms with Gasteiger partial charge in [-0.05, 0) is 70.4 Å². The van der Waals surface area contributed by atoms with E-state index < -0.39 is 0 Å². The second-order valence-corrected chi connectivity index (χ2v) is 6.22. The van der Waals surface area contributed by atoms with Gasteiger partial charge in [-0.3, -0.25) is 0 Å². The van der Waals surface area contributed by atoms with Gasteiger partial charge in [-0.25, -0.2) is 0 Å². The smallest absolute Gasteiger partial charge is 0.119 e. The topological polar surface area (TPSA) is 24.5 Å². The summed E-state index contributed by atoms with van der Waals surface area (Å²) >= 11 is 0. The van der Waals surface area contributed by atoms with Crippen LogP contribution in [0.25, 0.3) is 0 Å². The predicted molar refractivity (Wildman–Crippen MR) is 84.1 cm³/mol. The Morgan fingerprint density at radius 2 is 2.05 bits per heavy atom. The quantitative estimate of drug-likeness (QED) is 0.864. The molecule has 1 unspecified atom stereocenters. The average molecular weight is 276 g/mol. The van der Waals surface area contributed by atoms with Gasteiger partial charge in [-0.1, -0.05) is 12.1 Å². The van der Waals surface area contributed by atoms with Crippen LogP contribution >= 0.6 is 0 Å². The molecule has 1 fully saturated rings. The van der Waals surface area contributed by atoms with E-state index in [1.807, 2.05) is 0 Å². The lowest BCUT2D eigenvalue weighted by molar-refractivity contribution is 0.236. The maximum Gasteiger partial charge on any atom is 0.119 e. The Morgan fingerprint density at radius 3 is 2.65 bits per heavy atom. The van der Waals surface area contributed by atoms with Gasteiger partial charge >= 0.3 is 0 Å². The number of nitrogens with zero attached hydrogens (tertiary/aromatic N) is 1. The van der Waals surface area contributed by atoms with Crippen LogP contribution in [0.4, 0.5) is 0 Å². The Morgan fingerprint density at radius 1 is 1.30 bits per heavy atom. The fourth-order valence-electron chi connectivity index (χ4n) is 2.84. The minimum atomic E-state index is 0.238. The molecule has 1 N–H and O–H groups in total. The van der Waals surface area contributed by atoms with Gasteiger partial charge in [0.05, 0.1) is 6.10 Å². The number of benzene rings is 1. The summed E-state index contributed by atoms with van der Waals surface area (Å²) in [7, 11) is 2.22. The van der Waals surface area contributed by atoms with Crippen molar-refractivity contribution < 1.29 is 4.74 Å². The van der Waals surface area contributed by atoms with Crippen molar-refractivity contribution in [2.24, 2.45) is 5.92 Å². The van der Waals surface area contributed by atoms with Crippen LogP contribution in [0, 0.1) is 5.92 Å². The molecule has 0 amide bonds. The van der Waals surface area contributed by atoms with E-state index in [2.05, 4.69) is 55.4 Å². The molecule has 1 heterocycles. The zero-order chi connectivity index (χ0) is 14.4. The first kappa shape index (κ1) is 15.3. The Balaban J connectivity index is 1.79. The highest BCUT2D eigenvalue weighted by atomic mass is 16.5. The van der Waals surface area contributed by atoms with Gasteiger partial charge in [-0.2, -0.15) is 0 Å². The van der Waals surface area contributed by atoms with E-state index in [-0.39, 0.29) is 6.10 Å². The molecule has 0 spiro atoms. The minimum absolute atomic E-state index is 0.238. The summed E-state index contributed by atoms with van der Waals surface area (Å²) < 4.78 is 5.67. The molecule has 1 aromatic rings. The van der Waals surface area contributed by atoms with Crippen LogP contribution in [0.2, 0.25) is 0 Å². The molecule has 1 aliphatic rings. The van der Waals surface area contributed by atoms with Crippen LogP contribution in [0.1, 0.15) is 32.3 Å². The SMILES string of the molecule is CC(C)Oc1ccc(CN(C)CC2CCCNC2)cc1. The Kier molecular flexibility index (Phi) is 5.86. The highest BCUT2D eigenvalue weighted by Gasteiger charge is 2.14. The lowest BCUT2D eigenvalue weighted by Crippen LogP contribution is -2.36. The number of hydrogen-bond donors (Lipinski definition) is 1. The fourth-order valence-corrected chi connectivity index (χ4v) is 2.84. The molecule has 112 valence electrons. The van der Waals surface area contributed by atoms with Crippen LogP contribution in [0.3, 0.4) is 0 Å². The highest BCUT2D eigenvalue weighted by Crippen LogP contribution is 2.16. The van der Waals surface area contributed by atoms with Gasteiger partial charge in [0, 0.05) is 13.1 Å². The van der Waals surface area contributed by atoms with E-state index in [4.69, 9.17) is 4.74 Å². The summed E-state index contributed by atoms with van der Waals surface area (Å²) in [6, 6.07) is 8.50. The van der Waals surface area contributed by atoms with Crippen molar-refractivity contribution in [3.63, 3.8) is 0 Å². The van der Waals surface area contributed by atoms with Gasteiger partial charge < -0.3 is 15.0 Å². The molecule has 1 atom stereocenters. The summed E-state index contributed by atoms with van der Waals surface area (Å²) in [5.41, 5.74) is 1.35. The Hall–Kier alpha value is -1.06. The van der Waals surface area contributed by atoms with Crippen LogP contribution in [0.15, 0.2) is 24.3 Å². The molecule has 1 aliphatic heterocycles. The number of nitrogens with one attached hydrogen (secondary N) is 1. The molecule has 1 aromatic carbocycles. The van der Waals surface area contributed by atoms with Crippen molar-refractivity contribution in [2.75, 3.05) is 26.7 Å². The van der Waals surface area contributed by atoms with Crippen molar-refractivity contribution in [1.82, 2.24) is 10.2 Å². The molecule has 2 rings (SSSR count). The monoisotopic (exact) mass is 276 g/mol. The fraction of sp³-hybridized carbons (Fsp3) is 0.647. The number of hydrogen-bond acceptors (Lipinski definition) is 3. The molecule has 3 heteroatoms. The zero-order valence-electron chi connectivity index (χ0n) is 13.1. The molecular weight excluding hydrogens is 248 g/mol. The van der Waals surface area contributed by atoms with Gasteiger partial charge in [0.25, 0.3) is 0 Å². The lowest BCUT2D eigenvalue weighted by atomic mass is 9.99. The van der Waals surface area contributed by atoms with Gasteiger partial charge in [-0.15, -0.1) is 0 Å². The largest absolute Gasteiger partial charge is 0.491 e. The third-order valence-electron chi connectivity index (χ3n) is 3.72. The van der Waals surface area contributed by atoms with E-state index in [0.717, 1.165) is 18.2 Å². The van der Waals surface area contributed by atoms with Crippen molar-refractivity contribution >= 4 is 0 Å². The summed E-state index contributed by atoms with van der Waals surface area (Å²) in [6.45, 7) is 8.67. The maximum absolute atomic E-state index is 5.67. The molecule has 1 saturated heterocycles. The van der Waals surface area contributed by atoms with E-state index in [1.165, 1.54) is 38.0 Å². The summed E-state index contributed by atoms with van der Waals surface area (Å²) in [4.78, 5) is 2.43. The number of rotatable bonds is 6. The van der Waals surface area contributed by atoms with Gasteiger partial charge in [0.2, 0.25) is 0 Å². The van der Waals surface area contributed by atoms with Crippen molar-refractivity contribution in [2.45, 2.75) is 39.3 Å². The highest BCUT2D eigenvalue weighted by molar-refractivity contribution is 5.27. The maximum atomic E-state index is 5.67. The predicted octanol–water partition coefficient (Wildman–Crippen LogP) is 2.91. The molecule has 0 aromatic heterocycles. The van der Waals surface area contributed by atoms with Crippen molar-refractivity contribution in [1.29, 1.82) is 0 Å². The number of ether oxygens (including phenoxy) is 1. The lowest BCUT2D eigenvalue weighted by Gasteiger charge is -2.27. The van der Waals surface area contributed by atoms with E-state index >= 15 is 0 Å². The first-order chi connectivity index (χ1) is 9.63. The third kappa shape index (κ3) is 5.14. The second kappa shape index (κ2) is 7.65. The van der Waals surface area contributed by atoms with E-state index in [1.54, 1.807) is 0 Å². The molecule has 3 nitrogen and oxygen atoms in total. The van der Waals surface area contributed by atoms with Crippen LogP contribution in [-0.4, -0.2) is 37.7 Å². The van der Waals surface area contributed by atoms with Gasteiger partial charge in [0.1, 0.15) is 5.75 Å². The second-order valence-electron chi connectivity index (χ2n) is 6.22. The molecule has 0 saturated carbocycles. The summed E-state index contributed by atoms with van der Waals surface area (Å²) in [5, 5.41) is 3.49. The zero-order valence-corrected chi connectivity index (χ0v) is 13.1. The molecule has 0 aliphatic carbocycles. The Labute approximate surface area is 123 Å².